The van der Waals surface area contributed by atoms with Crippen LogP contribution in [0.15, 0.2) is 11.1 Å². The summed E-state index contributed by atoms with van der Waals surface area (Å²) in [6, 6.07) is 0. The van der Waals surface area contributed by atoms with Crippen LogP contribution in [0.3, 0.4) is 0 Å². The number of rotatable bonds is 5. The molecule has 1 fully saturated rings. The molecule has 1 aliphatic rings. The lowest BCUT2D eigenvalue weighted by Gasteiger charge is -2.15. The summed E-state index contributed by atoms with van der Waals surface area (Å²) < 4.78 is 0.683. The van der Waals surface area contributed by atoms with Crippen LogP contribution in [0.2, 0.25) is 0 Å². The first-order valence-corrected chi connectivity index (χ1v) is 6.58. The Kier molecular flexibility index (Phi) is 5.18. The summed E-state index contributed by atoms with van der Waals surface area (Å²) in [6.45, 7) is 6.00. The predicted molar refractivity (Wildman–Crippen MR) is 68.7 cm³/mol. The number of carbonyl (C=O) groups excluding carboxylic acids is 1. The highest BCUT2D eigenvalue weighted by atomic mass is 79.9. The summed E-state index contributed by atoms with van der Waals surface area (Å²) in [5.41, 5.74) is 0. The molecule has 1 saturated carbocycles. The first kappa shape index (κ1) is 14.2. The van der Waals surface area contributed by atoms with Crippen molar-refractivity contribution in [2.45, 2.75) is 26.2 Å². The van der Waals surface area contributed by atoms with Crippen molar-refractivity contribution in [3.63, 3.8) is 0 Å². The number of halogens is 1. The van der Waals surface area contributed by atoms with Gasteiger partial charge in [-0.2, -0.15) is 0 Å². The molecule has 5 heteroatoms. The molecule has 1 aliphatic carbocycles. The van der Waals surface area contributed by atoms with E-state index in [1.54, 1.807) is 0 Å². The Labute approximate surface area is 110 Å². The van der Waals surface area contributed by atoms with E-state index >= 15 is 0 Å². The highest BCUT2D eigenvalue weighted by molar-refractivity contribution is 9.11. The van der Waals surface area contributed by atoms with Crippen LogP contribution >= 0.6 is 15.9 Å². The zero-order valence-corrected chi connectivity index (χ0v) is 11.5. The van der Waals surface area contributed by atoms with Gasteiger partial charge in [-0.3, -0.25) is 9.59 Å². The first-order chi connectivity index (χ1) is 7.95. The number of amides is 1. The van der Waals surface area contributed by atoms with Gasteiger partial charge in [-0.05, 0) is 18.8 Å². The predicted octanol–water partition coefficient (Wildman–Crippen LogP) is 2.15. The summed E-state index contributed by atoms with van der Waals surface area (Å²) in [6.07, 6.45) is 2.21. The van der Waals surface area contributed by atoms with Crippen LogP contribution in [-0.2, 0) is 9.59 Å². The molecule has 0 aromatic rings. The number of hydrogen-bond donors (Lipinski definition) is 2. The first-order valence-electron chi connectivity index (χ1n) is 5.79. The highest BCUT2D eigenvalue weighted by Gasteiger charge is 2.41. The monoisotopic (exact) mass is 303 g/mol. The summed E-state index contributed by atoms with van der Waals surface area (Å²) in [5.74, 6) is -1.63. The van der Waals surface area contributed by atoms with Gasteiger partial charge in [0.05, 0.1) is 11.8 Å². The maximum absolute atomic E-state index is 11.9. The minimum Gasteiger partial charge on any atom is -0.481 e. The molecule has 1 rings (SSSR count). The number of hydrogen-bond acceptors (Lipinski definition) is 2. The molecular weight excluding hydrogens is 286 g/mol. The van der Waals surface area contributed by atoms with E-state index in [0.29, 0.717) is 29.8 Å². The van der Waals surface area contributed by atoms with E-state index in [1.807, 2.05) is 6.92 Å². The molecule has 0 spiro atoms. The van der Waals surface area contributed by atoms with E-state index in [0.717, 1.165) is 6.42 Å². The molecule has 0 aliphatic heterocycles. The second kappa shape index (κ2) is 6.19. The van der Waals surface area contributed by atoms with Crippen molar-refractivity contribution in [3.8, 4) is 0 Å². The summed E-state index contributed by atoms with van der Waals surface area (Å²) in [4.78, 5) is 23.0. The van der Waals surface area contributed by atoms with E-state index < -0.39 is 17.8 Å². The summed E-state index contributed by atoms with van der Waals surface area (Å²) >= 11 is 3.16. The number of carboxylic acids is 1. The van der Waals surface area contributed by atoms with Gasteiger partial charge < -0.3 is 10.4 Å². The largest absolute Gasteiger partial charge is 0.481 e. The Morgan fingerprint density at radius 3 is 2.47 bits per heavy atom. The topological polar surface area (TPSA) is 66.4 Å². The van der Waals surface area contributed by atoms with Crippen LogP contribution in [0.4, 0.5) is 0 Å². The fourth-order valence-electron chi connectivity index (χ4n) is 2.35. The standard InChI is InChI=1S/C12H18BrNO3/c1-3-8-4-9(10(5-8)12(16)17)11(15)14-6-7(2)13/h8-10H,2-6H2,1H3,(H,14,15)(H,16,17). The van der Waals surface area contributed by atoms with Gasteiger partial charge >= 0.3 is 5.97 Å². The van der Waals surface area contributed by atoms with Gasteiger partial charge in [0.1, 0.15) is 0 Å². The lowest BCUT2D eigenvalue weighted by Crippen LogP contribution is -2.35. The number of nitrogens with one attached hydrogen (secondary N) is 1. The lowest BCUT2D eigenvalue weighted by atomic mass is 9.95. The maximum atomic E-state index is 11.9. The summed E-state index contributed by atoms with van der Waals surface area (Å²) in [5, 5.41) is 11.8. The molecule has 0 aromatic heterocycles. The van der Waals surface area contributed by atoms with Crippen LogP contribution in [0.1, 0.15) is 26.2 Å². The molecule has 2 N–H and O–H groups in total. The van der Waals surface area contributed by atoms with Gasteiger partial charge in [0.25, 0.3) is 0 Å². The average molecular weight is 304 g/mol. The number of aliphatic carboxylic acids is 1. The van der Waals surface area contributed by atoms with Crippen molar-refractivity contribution >= 4 is 27.8 Å². The van der Waals surface area contributed by atoms with Crippen molar-refractivity contribution < 1.29 is 14.7 Å². The van der Waals surface area contributed by atoms with E-state index in [2.05, 4.69) is 27.8 Å². The van der Waals surface area contributed by atoms with Crippen LogP contribution in [-0.4, -0.2) is 23.5 Å². The molecule has 96 valence electrons. The normalized spacial score (nSPS) is 27.8. The third-order valence-electron chi connectivity index (χ3n) is 3.35. The zero-order chi connectivity index (χ0) is 13.0. The van der Waals surface area contributed by atoms with Gasteiger partial charge in [0, 0.05) is 11.0 Å². The fourth-order valence-corrected chi connectivity index (χ4v) is 2.49. The van der Waals surface area contributed by atoms with E-state index in [4.69, 9.17) is 5.11 Å². The summed E-state index contributed by atoms with van der Waals surface area (Å²) in [7, 11) is 0. The van der Waals surface area contributed by atoms with Crippen molar-refractivity contribution in [3.05, 3.63) is 11.1 Å². The molecule has 0 saturated heterocycles. The van der Waals surface area contributed by atoms with Gasteiger partial charge in [0.15, 0.2) is 0 Å². The second-order valence-corrected chi connectivity index (χ2v) is 5.65. The van der Waals surface area contributed by atoms with Crippen LogP contribution in [0.5, 0.6) is 0 Å². The van der Waals surface area contributed by atoms with Gasteiger partial charge in [-0.25, -0.2) is 0 Å². The van der Waals surface area contributed by atoms with Crippen molar-refractivity contribution in [1.29, 1.82) is 0 Å². The number of carbonyl (C=O) groups is 2. The van der Waals surface area contributed by atoms with Gasteiger partial charge in [-0.15, -0.1) is 0 Å². The van der Waals surface area contributed by atoms with Gasteiger partial charge in [-0.1, -0.05) is 35.9 Å². The van der Waals surface area contributed by atoms with E-state index in [1.165, 1.54) is 0 Å². The zero-order valence-electron chi connectivity index (χ0n) is 9.91. The minimum absolute atomic E-state index is 0.172. The molecule has 1 amide bonds. The minimum atomic E-state index is -0.862. The van der Waals surface area contributed by atoms with Crippen molar-refractivity contribution in [2.75, 3.05) is 6.54 Å². The third kappa shape index (κ3) is 3.84. The number of carboxylic acid groups (broad SMARTS) is 1. The van der Waals surface area contributed by atoms with E-state index in [-0.39, 0.29) is 5.91 Å². The Morgan fingerprint density at radius 1 is 1.41 bits per heavy atom. The maximum Gasteiger partial charge on any atom is 0.307 e. The lowest BCUT2D eigenvalue weighted by molar-refractivity contribution is -0.146. The SMILES string of the molecule is C=C(Br)CNC(=O)C1CC(CC)CC1C(=O)O. The Bertz CT molecular complexity index is 330. The molecule has 0 aromatic carbocycles. The quantitative estimate of drug-likeness (QED) is 0.818. The van der Waals surface area contributed by atoms with Crippen LogP contribution < -0.4 is 5.32 Å². The second-order valence-electron chi connectivity index (χ2n) is 4.53. The highest BCUT2D eigenvalue weighted by Crippen LogP contribution is 2.38. The average Bonchev–Trinajstić information content (AvgIpc) is 2.69. The molecule has 0 heterocycles. The molecule has 4 nitrogen and oxygen atoms in total. The Morgan fingerprint density at radius 2 is 2.00 bits per heavy atom. The van der Waals surface area contributed by atoms with E-state index in [9.17, 15) is 9.59 Å². The molecule has 17 heavy (non-hydrogen) atoms. The van der Waals surface area contributed by atoms with Crippen molar-refractivity contribution in [2.24, 2.45) is 17.8 Å². The smallest absolute Gasteiger partial charge is 0.307 e. The van der Waals surface area contributed by atoms with Crippen LogP contribution in [0, 0.1) is 17.8 Å². The molecule has 3 atom stereocenters. The van der Waals surface area contributed by atoms with Crippen LogP contribution in [0.25, 0.3) is 0 Å². The molecular formula is C12H18BrNO3. The Hall–Kier alpha value is -0.840. The fraction of sp³-hybridized carbons (Fsp3) is 0.667. The molecule has 3 unspecified atom stereocenters. The van der Waals surface area contributed by atoms with Crippen molar-refractivity contribution in [1.82, 2.24) is 5.32 Å². The van der Waals surface area contributed by atoms with Gasteiger partial charge in [0.2, 0.25) is 5.91 Å². The third-order valence-corrected chi connectivity index (χ3v) is 3.63. The molecule has 0 bridgehead atoms. The molecule has 0 radical (unpaired) electrons. The Balaban J connectivity index is 2.63.